The van der Waals surface area contributed by atoms with Crippen molar-refractivity contribution in [1.29, 1.82) is 0 Å². The zero-order valence-corrected chi connectivity index (χ0v) is 12.7. The van der Waals surface area contributed by atoms with Gasteiger partial charge in [0.05, 0.1) is 22.4 Å². The molecule has 3 aromatic rings. The van der Waals surface area contributed by atoms with Gasteiger partial charge in [-0.05, 0) is 12.1 Å². The molecular formula is C16H11N3S2. The van der Waals surface area contributed by atoms with E-state index >= 15 is 0 Å². The van der Waals surface area contributed by atoms with Crippen LogP contribution in [-0.2, 0) is 0 Å². The van der Waals surface area contributed by atoms with Crippen LogP contribution in [0.4, 0.5) is 0 Å². The fourth-order valence-electron chi connectivity index (χ4n) is 2.75. The minimum Gasteiger partial charge on any atom is -0.319 e. The second-order valence-corrected chi connectivity index (χ2v) is 5.89. The highest BCUT2D eigenvalue weighted by Crippen LogP contribution is 2.28. The Kier molecular flexibility index (Phi) is 2.83. The van der Waals surface area contributed by atoms with Gasteiger partial charge >= 0.3 is 0 Å². The zero-order chi connectivity index (χ0) is 14.4. The summed E-state index contributed by atoms with van der Waals surface area (Å²) in [7, 11) is 0. The van der Waals surface area contributed by atoms with Crippen LogP contribution >= 0.6 is 24.4 Å². The van der Waals surface area contributed by atoms with Crippen molar-refractivity contribution < 1.29 is 0 Å². The van der Waals surface area contributed by atoms with Crippen molar-refractivity contribution in [2.75, 3.05) is 0 Å². The van der Waals surface area contributed by atoms with Crippen LogP contribution in [0.15, 0.2) is 53.5 Å². The van der Waals surface area contributed by atoms with Gasteiger partial charge < -0.3 is 5.32 Å². The maximum Gasteiger partial charge on any atom is 0.213 e. The summed E-state index contributed by atoms with van der Waals surface area (Å²) < 4.78 is 2.09. The minimum absolute atomic E-state index is 0.547. The third-order valence-electron chi connectivity index (χ3n) is 3.59. The van der Waals surface area contributed by atoms with E-state index in [1.54, 1.807) is 0 Å². The fraction of sp³-hybridized carbons (Fsp3) is 0.0625. The number of nitrogens with zero attached hydrogens (tertiary/aromatic N) is 2. The van der Waals surface area contributed by atoms with E-state index in [1.165, 1.54) is 10.8 Å². The standard InChI is InChI=1S/C16H11N3S2/c20-14-9-15(21)18-16(17-14)19-12-7-3-1-5-10(12)11-6-2-4-8-13(11)19/h1-8H,9H2,(H,17,18,20,21). The van der Waals surface area contributed by atoms with Crippen molar-refractivity contribution in [2.45, 2.75) is 6.42 Å². The molecule has 1 aliphatic rings. The van der Waals surface area contributed by atoms with E-state index < -0.39 is 0 Å². The summed E-state index contributed by atoms with van der Waals surface area (Å²) in [5, 5.41) is 5.58. The second kappa shape index (κ2) is 4.72. The lowest BCUT2D eigenvalue weighted by Gasteiger charge is -2.18. The van der Waals surface area contributed by atoms with Gasteiger partial charge in [-0.25, -0.2) is 4.99 Å². The molecule has 0 amide bonds. The number of hydrogen-bond donors (Lipinski definition) is 1. The molecule has 0 saturated heterocycles. The lowest BCUT2D eigenvalue weighted by molar-refractivity contribution is 1.13. The van der Waals surface area contributed by atoms with Gasteiger partial charge in [0.2, 0.25) is 5.96 Å². The smallest absolute Gasteiger partial charge is 0.213 e. The summed E-state index contributed by atoms with van der Waals surface area (Å²) >= 11 is 10.5. The highest BCUT2D eigenvalue weighted by atomic mass is 32.1. The SMILES string of the molecule is S=C1CC(=S)NC(n2c3ccccc3c3ccccc32)=N1. The van der Waals surface area contributed by atoms with E-state index in [0.29, 0.717) is 22.4 Å². The average molecular weight is 309 g/mol. The number of aromatic nitrogens is 1. The van der Waals surface area contributed by atoms with E-state index in [9.17, 15) is 0 Å². The predicted molar refractivity (Wildman–Crippen MR) is 95.2 cm³/mol. The third kappa shape index (κ3) is 1.97. The Balaban J connectivity index is 2.11. The minimum atomic E-state index is 0.547. The number of aliphatic imine (C=N–C) groups is 1. The quantitative estimate of drug-likeness (QED) is 0.643. The van der Waals surface area contributed by atoms with E-state index in [1.807, 2.05) is 24.3 Å². The maximum atomic E-state index is 5.29. The molecule has 21 heavy (non-hydrogen) atoms. The molecule has 0 bridgehead atoms. The summed E-state index contributed by atoms with van der Waals surface area (Å²) in [6.45, 7) is 0. The molecule has 1 aromatic heterocycles. The topological polar surface area (TPSA) is 29.3 Å². The fourth-order valence-corrected chi connectivity index (χ4v) is 3.30. The van der Waals surface area contributed by atoms with Crippen molar-refractivity contribution in [3.63, 3.8) is 0 Å². The molecule has 5 heteroatoms. The van der Waals surface area contributed by atoms with Crippen molar-refractivity contribution in [2.24, 2.45) is 4.99 Å². The molecule has 1 N–H and O–H groups in total. The van der Waals surface area contributed by atoms with Gasteiger partial charge in [-0.2, -0.15) is 0 Å². The summed E-state index contributed by atoms with van der Waals surface area (Å²) in [6, 6.07) is 16.5. The van der Waals surface area contributed by atoms with Crippen LogP contribution in [0.5, 0.6) is 0 Å². The lowest BCUT2D eigenvalue weighted by atomic mass is 10.2. The molecule has 4 rings (SSSR count). The molecule has 0 spiro atoms. The molecule has 102 valence electrons. The van der Waals surface area contributed by atoms with Gasteiger partial charge in [0.15, 0.2) is 0 Å². The molecule has 0 saturated carbocycles. The third-order valence-corrected chi connectivity index (χ3v) is 4.07. The predicted octanol–water partition coefficient (Wildman–Crippen LogP) is 3.65. The largest absolute Gasteiger partial charge is 0.319 e. The van der Waals surface area contributed by atoms with Crippen molar-refractivity contribution in [1.82, 2.24) is 9.88 Å². The molecule has 1 aliphatic heterocycles. The van der Waals surface area contributed by atoms with Crippen LogP contribution < -0.4 is 5.32 Å². The monoisotopic (exact) mass is 309 g/mol. The summed E-state index contributed by atoms with van der Waals surface area (Å²) in [6.07, 6.45) is 0.547. The molecule has 0 radical (unpaired) electrons. The first kappa shape index (κ1) is 12.6. The number of benzene rings is 2. The first-order chi connectivity index (χ1) is 10.2. The molecule has 2 heterocycles. The van der Waals surface area contributed by atoms with E-state index in [4.69, 9.17) is 24.4 Å². The van der Waals surface area contributed by atoms with Gasteiger partial charge in [0, 0.05) is 10.8 Å². The number of fused-ring (bicyclic) bond motifs is 3. The Labute approximate surface area is 132 Å². The first-order valence-electron chi connectivity index (χ1n) is 6.64. The Morgan fingerprint density at radius 2 is 1.48 bits per heavy atom. The Morgan fingerprint density at radius 3 is 2.05 bits per heavy atom. The van der Waals surface area contributed by atoms with Gasteiger partial charge in [-0.15, -0.1) is 0 Å². The van der Waals surface area contributed by atoms with Crippen LogP contribution in [-0.4, -0.2) is 20.5 Å². The average Bonchev–Trinajstić information content (AvgIpc) is 2.81. The number of thiocarbonyl (C=S) groups is 2. The Hall–Kier alpha value is -2.11. The number of nitrogens with one attached hydrogen (secondary N) is 1. The van der Waals surface area contributed by atoms with Gasteiger partial charge in [-0.1, -0.05) is 60.8 Å². The molecule has 0 atom stereocenters. The van der Waals surface area contributed by atoms with Crippen LogP contribution in [0.25, 0.3) is 21.8 Å². The Bertz CT molecular complexity index is 884. The van der Waals surface area contributed by atoms with Gasteiger partial charge in [0.25, 0.3) is 0 Å². The summed E-state index contributed by atoms with van der Waals surface area (Å²) in [5.74, 6) is 0.689. The van der Waals surface area contributed by atoms with Crippen LogP contribution in [0, 0.1) is 0 Å². The van der Waals surface area contributed by atoms with Gasteiger partial charge in [-0.3, -0.25) is 4.57 Å². The molecule has 0 unspecified atom stereocenters. The van der Waals surface area contributed by atoms with Crippen molar-refractivity contribution in [3.05, 3.63) is 48.5 Å². The highest BCUT2D eigenvalue weighted by Gasteiger charge is 2.19. The number of hydrogen-bond acceptors (Lipinski definition) is 2. The van der Waals surface area contributed by atoms with Crippen LogP contribution in [0.1, 0.15) is 6.42 Å². The lowest BCUT2D eigenvalue weighted by Crippen LogP contribution is -2.39. The van der Waals surface area contributed by atoms with Gasteiger partial charge in [0.1, 0.15) is 4.99 Å². The maximum absolute atomic E-state index is 5.29. The van der Waals surface area contributed by atoms with Crippen LogP contribution in [0.3, 0.4) is 0 Å². The van der Waals surface area contributed by atoms with Crippen molar-refractivity contribution in [3.8, 4) is 0 Å². The molecular weight excluding hydrogens is 298 g/mol. The Morgan fingerprint density at radius 1 is 0.905 bits per heavy atom. The van der Waals surface area contributed by atoms with E-state index in [2.05, 4.69) is 39.1 Å². The number of para-hydroxylation sites is 2. The number of rotatable bonds is 0. The summed E-state index contributed by atoms with van der Waals surface area (Å²) in [4.78, 5) is 5.82. The molecule has 2 aromatic carbocycles. The zero-order valence-electron chi connectivity index (χ0n) is 11.0. The van der Waals surface area contributed by atoms with Crippen LogP contribution in [0.2, 0.25) is 0 Å². The first-order valence-corrected chi connectivity index (χ1v) is 7.45. The van der Waals surface area contributed by atoms with E-state index in [0.717, 1.165) is 11.0 Å². The normalized spacial score (nSPS) is 15.3. The molecule has 0 fully saturated rings. The second-order valence-electron chi connectivity index (χ2n) is 4.92. The summed E-state index contributed by atoms with van der Waals surface area (Å²) in [5.41, 5.74) is 2.19. The van der Waals surface area contributed by atoms with Crippen molar-refractivity contribution >= 4 is 62.2 Å². The molecule has 3 nitrogen and oxygen atoms in total. The highest BCUT2D eigenvalue weighted by molar-refractivity contribution is 7.82. The molecule has 0 aliphatic carbocycles. The van der Waals surface area contributed by atoms with E-state index in [-0.39, 0.29) is 0 Å².